The third-order valence-corrected chi connectivity index (χ3v) is 6.25. The van der Waals surface area contributed by atoms with Crippen LogP contribution in [0.15, 0.2) is 71.1 Å². The van der Waals surface area contributed by atoms with Gasteiger partial charge in [-0.3, -0.25) is 14.9 Å². The van der Waals surface area contributed by atoms with E-state index in [1.165, 1.54) is 47.8 Å². The summed E-state index contributed by atoms with van der Waals surface area (Å²) in [6, 6.07) is 10.6. The Balaban J connectivity index is 2.00. The van der Waals surface area contributed by atoms with Crippen molar-refractivity contribution in [3.05, 3.63) is 81.7 Å². The number of sulfone groups is 1. The zero-order chi connectivity index (χ0) is 21.9. The van der Waals surface area contributed by atoms with Gasteiger partial charge in [0.1, 0.15) is 0 Å². The van der Waals surface area contributed by atoms with E-state index in [1.807, 2.05) is 0 Å². The average molecular weight is 444 g/mol. The minimum absolute atomic E-state index is 0.0726. The molecule has 10 heteroatoms. The summed E-state index contributed by atoms with van der Waals surface area (Å²) in [4.78, 5) is 27.4. The molecular weight excluding hydrogens is 426 g/mol. The fourth-order valence-electron chi connectivity index (χ4n) is 2.72. The van der Waals surface area contributed by atoms with Gasteiger partial charge in [0.2, 0.25) is 0 Å². The summed E-state index contributed by atoms with van der Waals surface area (Å²) >= 11 is 1.19. The van der Waals surface area contributed by atoms with Crippen molar-refractivity contribution >= 4 is 49.1 Å². The molecule has 1 aromatic heterocycles. The van der Waals surface area contributed by atoms with Gasteiger partial charge >= 0.3 is 0 Å². The molecule has 0 aliphatic heterocycles. The lowest BCUT2D eigenvalue weighted by molar-refractivity contribution is -0.384. The third-order valence-electron chi connectivity index (χ3n) is 4.10. The molecule has 8 nitrogen and oxygen atoms in total. The van der Waals surface area contributed by atoms with Crippen LogP contribution in [0.1, 0.15) is 5.56 Å². The second kappa shape index (κ2) is 8.56. The van der Waals surface area contributed by atoms with Crippen molar-refractivity contribution in [2.45, 2.75) is 11.4 Å². The summed E-state index contributed by atoms with van der Waals surface area (Å²) in [5, 5.41) is 10.9. The Labute approximate surface area is 176 Å². The Hall–Kier alpha value is -3.37. The number of allylic oxidation sites excluding steroid dienone is 1. The summed E-state index contributed by atoms with van der Waals surface area (Å²) in [6.07, 6.45) is 5.46. The highest BCUT2D eigenvalue weighted by Crippen LogP contribution is 2.22. The molecule has 0 unspecified atom stereocenters. The van der Waals surface area contributed by atoms with Gasteiger partial charge < -0.3 is 4.57 Å². The Kier molecular flexibility index (Phi) is 6.09. The molecule has 0 aliphatic rings. The highest BCUT2D eigenvalue weighted by atomic mass is 32.2. The van der Waals surface area contributed by atoms with Crippen LogP contribution in [0, 0.1) is 10.1 Å². The van der Waals surface area contributed by atoms with Crippen LogP contribution in [-0.4, -0.2) is 30.1 Å². The van der Waals surface area contributed by atoms with Crippen LogP contribution in [0.3, 0.4) is 0 Å². The molecule has 2 aromatic carbocycles. The van der Waals surface area contributed by atoms with Crippen LogP contribution in [-0.2, 0) is 21.2 Å². The summed E-state index contributed by atoms with van der Waals surface area (Å²) in [5.74, 6) is -0.547. The maximum Gasteiger partial charge on any atom is 0.272 e. The van der Waals surface area contributed by atoms with E-state index >= 15 is 0 Å². The van der Waals surface area contributed by atoms with Gasteiger partial charge in [-0.15, -0.1) is 6.58 Å². The molecule has 154 valence electrons. The first-order valence-electron chi connectivity index (χ1n) is 8.64. The largest absolute Gasteiger partial charge is 0.312 e. The number of hydrogen-bond donors (Lipinski definition) is 0. The van der Waals surface area contributed by atoms with Crippen molar-refractivity contribution in [3.8, 4) is 0 Å². The predicted molar refractivity (Wildman–Crippen MR) is 116 cm³/mol. The van der Waals surface area contributed by atoms with E-state index in [9.17, 15) is 23.3 Å². The minimum atomic E-state index is -3.36. The maximum atomic E-state index is 12.3. The molecule has 0 saturated carbocycles. The van der Waals surface area contributed by atoms with Crippen LogP contribution >= 0.6 is 11.3 Å². The monoisotopic (exact) mass is 443 g/mol. The number of hydrogen-bond acceptors (Lipinski definition) is 6. The molecule has 0 atom stereocenters. The molecule has 0 fully saturated rings. The zero-order valence-corrected chi connectivity index (χ0v) is 17.5. The van der Waals surface area contributed by atoms with Crippen LogP contribution in [0.25, 0.3) is 16.3 Å². The average Bonchev–Trinajstić information content (AvgIpc) is 3.02. The van der Waals surface area contributed by atoms with Crippen molar-refractivity contribution in [1.29, 1.82) is 0 Å². The SMILES string of the molecule is C=CCn1c(=NC(=O)/C=C/c2cccc([N+](=O)[O-])c2)sc2cc(S(C)(=O)=O)ccc21. The molecule has 0 N–H and O–H groups in total. The lowest BCUT2D eigenvalue weighted by Crippen LogP contribution is -2.15. The van der Waals surface area contributed by atoms with Crippen molar-refractivity contribution in [3.63, 3.8) is 0 Å². The standard InChI is InChI=1S/C20H17N3O5S2/c1-3-11-22-17-9-8-16(30(2,27)28)13-18(17)29-20(22)21-19(24)10-7-14-5-4-6-15(12-14)23(25)26/h3-10,12-13H,1,11H2,2H3/b10-7+,21-20?. The third kappa shape index (κ3) is 4.78. The molecule has 0 aliphatic carbocycles. The maximum absolute atomic E-state index is 12.3. The normalized spacial score (nSPS) is 12.5. The van der Waals surface area contributed by atoms with Gasteiger partial charge in [-0.05, 0) is 29.8 Å². The number of carbonyl (C=O) groups is 1. The Morgan fingerprint density at radius 1 is 1.30 bits per heavy atom. The number of fused-ring (bicyclic) bond motifs is 1. The van der Waals surface area contributed by atoms with Crippen molar-refractivity contribution < 1.29 is 18.1 Å². The fraction of sp³-hybridized carbons (Fsp3) is 0.100. The van der Waals surface area contributed by atoms with E-state index in [4.69, 9.17) is 0 Å². The number of non-ortho nitro benzene ring substituents is 1. The van der Waals surface area contributed by atoms with Crippen molar-refractivity contribution in [2.75, 3.05) is 6.26 Å². The van der Waals surface area contributed by atoms with Gasteiger partial charge in [0.25, 0.3) is 11.6 Å². The van der Waals surface area contributed by atoms with Gasteiger partial charge in [0.15, 0.2) is 14.6 Å². The smallest absolute Gasteiger partial charge is 0.272 e. The molecule has 3 aromatic rings. The molecule has 3 rings (SSSR count). The van der Waals surface area contributed by atoms with E-state index in [0.29, 0.717) is 21.6 Å². The van der Waals surface area contributed by atoms with E-state index in [1.54, 1.807) is 28.8 Å². The zero-order valence-electron chi connectivity index (χ0n) is 15.9. The molecule has 0 saturated heterocycles. The van der Waals surface area contributed by atoms with Gasteiger partial charge in [0, 0.05) is 31.0 Å². The van der Waals surface area contributed by atoms with E-state index < -0.39 is 20.7 Å². The minimum Gasteiger partial charge on any atom is -0.312 e. The van der Waals surface area contributed by atoms with Crippen LogP contribution in [0.2, 0.25) is 0 Å². The molecule has 0 radical (unpaired) electrons. The first kappa shape index (κ1) is 21.3. The lowest BCUT2D eigenvalue weighted by atomic mass is 10.2. The summed E-state index contributed by atoms with van der Waals surface area (Å²) in [7, 11) is -3.36. The number of thiazole rings is 1. The summed E-state index contributed by atoms with van der Waals surface area (Å²) in [5.41, 5.74) is 1.17. The molecular formula is C20H17N3O5S2. The highest BCUT2D eigenvalue weighted by molar-refractivity contribution is 7.90. The second-order valence-electron chi connectivity index (χ2n) is 6.32. The number of nitrogens with zero attached hydrogens (tertiary/aromatic N) is 3. The molecule has 1 heterocycles. The lowest BCUT2D eigenvalue weighted by Gasteiger charge is -2.02. The number of carbonyl (C=O) groups excluding carboxylic acids is 1. The van der Waals surface area contributed by atoms with E-state index in [-0.39, 0.29) is 10.6 Å². The van der Waals surface area contributed by atoms with Crippen LogP contribution < -0.4 is 4.80 Å². The molecule has 0 spiro atoms. The highest BCUT2D eigenvalue weighted by Gasteiger charge is 2.12. The number of nitro groups is 1. The quantitative estimate of drug-likeness (QED) is 0.251. The number of benzene rings is 2. The topological polar surface area (TPSA) is 112 Å². The van der Waals surface area contributed by atoms with Crippen molar-refractivity contribution in [2.24, 2.45) is 4.99 Å². The van der Waals surface area contributed by atoms with Gasteiger partial charge in [-0.25, -0.2) is 8.42 Å². The van der Waals surface area contributed by atoms with Gasteiger partial charge in [-0.2, -0.15) is 4.99 Å². The second-order valence-corrected chi connectivity index (χ2v) is 9.35. The van der Waals surface area contributed by atoms with Crippen LogP contribution in [0.4, 0.5) is 5.69 Å². The van der Waals surface area contributed by atoms with E-state index in [0.717, 1.165) is 11.8 Å². The summed E-state index contributed by atoms with van der Waals surface area (Å²) < 4.78 is 26.1. The number of amides is 1. The van der Waals surface area contributed by atoms with Gasteiger partial charge in [-0.1, -0.05) is 29.5 Å². The molecule has 30 heavy (non-hydrogen) atoms. The first-order valence-corrected chi connectivity index (χ1v) is 11.4. The Morgan fingerprint density at radius 2 is 2.07 bits per heavy atom. The molecule has 0 bridgehead atoms. The molecule has 1 amide bonds. The fourth-order valence-corrected chi connectivity index (χ4v) is 4.52. The number of nitro benzene ring substituents is 1. The van der Waals surface area contributed by atoms with Gasteiger partial charge in [0.05, 0.1) is 20.0 Å². The Bertz CT molecular complexity index is 1360. The number of rotatable bonds is 6. The number of aromatic nitrogens is 1. The first-order chi connectivity index (χ1) is 14.2. The predicted octanol–water partition coefficient (Wildman–Crippen LogP) is 3.34. The summed E-state index contributed by atoms with van der Waals surface area (Å²) in [6.45, 7) is 4.10. The van der Waals surface area contributed by atoms with Crippen molar-refractivity contribution in [1.82, 2.24) is 4.57 Å². The van der Waals surface area contributed by atoms with Crippen LogP contribution in [0.5, 0.6) is 0 Å². The van der Waals surface area contributed by atoms with E-state index in [2.05, 4.69) is 11.6 Å². The Morgan fingerprint density at radius 3 is 2.73 bits per heavy atom.